The van der Waals surface area contributed by atoms with E-state index in [4.69, 9.17) is 34.8 Å². The van der Waals surface area contributed by atoms with E-state index in [1.54, 1.807) is 36.4 Å². The van der Waals surface area contributed by atoms with Crippen molar-refractivity contribution < 1.29 is 4.79 Å². The Bertz CT molecular complexity index is 849. The van der Waals surface area contributed by atoms with Crippen molar-refractivity contribution in [1.82, 2.24) is 5.32 Å². The van der Waals surface area contributed by atoms with Crippen molar-refractivity contribution >= 4 is 69.4 Å². The number of halogens is 3. The molecule has 0 aliphatic carbocycles. The molecule has 2 aromatic rings. The molecular formula is C16H9Cl3N2OS. The highest BCUT2D eigenvalue weighted by molar-refractivity contribution is 8.18. The van der Waals surface area contributed by atoms with Crippen LogP contribution in [0.3, 0.4) is 0 Å². The summed E-state index contributed by atoms with van der Waals surface area (Å²) in [6.45, 7) is 0. The number of amides is 1. The van der Waals surface area contributed by atoms with Crippen LogP contribution < -0.4 is 5.32 Å². The highest BCUT2D eigenvalue weighted by atomic mass is 35.5. The van der Waals surface area contributed by atoms with Crippen molar-refractivity contribution in [1.29, 1.82) is 0 Å². The van der Waals surface area contributed by atoms with Gasteiger partial charge in [0.25, 0.3) is 5.91 Å². The maximum Gasteiger partial charge on any atom is 0.264 e. The van der Waals surface area contributed by atoms with Gasteiger partial charge in [0.1, 0.15) is 0 Å². The number of amidine groups is 1. The van der Waals surface area contributed by atoms with Crippen LogP contribution in [-0.4, -0.2) is 11.1 Å². The first-order valence-electron chi connectivity index (χ1n) is 6.52. The van der Waals surface area contributed by atoms with Crippen LogP contribution in [0.2, 0.25) is 15.1 Å². The van der Waals surface area contributed by atoms with Gasteiger partial charge in [0, 0.05) is 0 Å². The third-order valence-electron chi connectivity index (χ3n) is 2.97. The van der Waals surface area contributed by atoms with Gasteiger partial charge in [-0.1, -0.05) is 53.0 Å². The first-order valence-corrected chi connectivity index (χ1v) is 8.47. The van der Waals surface area contributed by atoms with Gasteiger partial charge in [-0.2, -0.15) is 0 Å². The predicted octanol–water partition coefficient (Wildman–Crippen LogP) is 5.54. The van der Waals surface area contributed by atoms with Crippen molar-refractivity contribution in [2.45, 2.75) is 0 Å². The Morgan fingerprint density at radius 3 is 2.52 bits per heavy atom. The normalized spacial score (nSPS) is 17.8. The first-order chi connectivity index (χ1) is 11.0. The number of para-hydroxylation sites is 1. The molecule has 0 saturated carbocycles. The van der Waals surface area contributed by atoms with E-state index < -0.39 is 0 Å². The summed E-state index contributed by atoms with van der Waals surface area (Å²) in [5.74, 6) is -0.216. The molecule has 3 nitrogen and oxygen atoms in total. The number of nitrogens with zero attached hydrogens (tertiary/aromatic N) is 1. The number of hydrogen-bond donors (Lipinski definition) is 1. The zero-order valence-electron chi connectivity index (χ0n) is 11.5. The van der Waals surface area contributed by atoms with Crippen molar-refractivity contribution in [3.63, 3.8) is 0 Å². The molecule has 0 bridgehead atoms. The third kappa shape index (κ3) is 3.90. The summed E-state index contributed by atoms with van der Waals surface area (Å²) >= 11 is 19.2. The van der Waals surface area contributed by atoms with Crippen LogP contribution in [-0.2, 0) is 4.79 Å². The largest absolute Gasteiger partial charge is 0.300 e. The van der Waals surface area contributed by atoms with Gasteiger partial charge in [-0.3, -0.25) is 4.79 Å². The second-order valence-electron chi connectivity index (χ2n) is 4.61. The molecular weight excluding hydrogens is 375 g/mol. The Morgan fingerprint density at radius 1 is 1.00 bits per heavy atom. The van der Waals surface area contributed by atoms with Crippen molar-refractivity contribution in [3.8, 4) is 0 Å². The van der Waals surface area contributed by atoms with Gasteiger partial charge in [0.15, 0.2) is 5.17 Å². The van der Waals surface area contributed by atoms with Crippen LogP contribution in [0.15, 0.2) is 52.4 Å². The smallest absolute Gasteiger partial charge is 0.264 e. The molecule has 7 heteroatoms. The average molecular weight is 384 g/mol. The van der Waals surface area contributed by atoms with Gasteiger partial charge in [-0.15, -0.1) is 0 Å². The maximum absolute atomic E-state index is 12.0. The molecule has 116 valence electrons. The predicted molar refractivity (Wildman–Crippen MR) is 98.7 cm³/mol. The van der Waals surface area contributed by atoms with Crippen LogP contribution in [0, 0.1) is 0 Å². The van der Waals surface area contributed by atoms with E-state index in [1.807, 2.05) is 12.1 Å². The minimum atomic E-state index is -0.216. The van der Waals surface area contributed by atoms with Crippen LogP contribution in [0.25, 0.3) is 6.08 Å². The highest BCUT2D eigenvalue weighted by Gasteiger charge is 2.24. The molecule has 1 heterocycles. The Balaban J connectivity index is 1.86. The van der Waals surface area contributed by atoms with Crippen LogP contribution >= 0.6 is 46.6 Å². The number of thioether (sulfide) groups is 1. The number of carbonyl (C=O) groups excluding carboxylic acids is 1. The van der Waals surface area contributed by atoms with E-state index in [0.29, 0.717) is 30.8 Å². The number of nitrogens with one attached hydrogen (secondary N) is 1. The monoisotopic (exact) mass is 382 g/mol. The molecule has 2 aromatic carbocycles. The SMILES string of the molecule is O=C1NC(=Nc2ccccc2Cl)S/C1=C\c1ccc(Cl)c(Cl)c1. The maximum atomic E-state index is 12.0. The van der Waals surface area contributed by atoms with E-state index in [2.05, 4.69) is 10.3 Å². The molecule has 1 aliphatic heterocycles. The van der Waals surface area contributed by atoms with Crippen LogP contribution in [0.5, 0.6) is 0 Å². The summed E-state index contributed by atoms with van der Waals surface area (Å²) in [6, 6.07) is 12.4. The van der Waals surface area contributed by atoms with E-state index in [0.717, 1.165) is 5.56 Å². The summed E-state index contributed by atoms with van der Waals surface area (Å²) in [5, 5.41) is 4.63. The van der Waals surface area contributed by atoms with Gasteiger partial charge in [-0.05, 0) is 47.7 Å². The molecule has 3 rings (SSSR count). The Kier molecular flexibility index (Phi) is 4.97. The van der Waals surface area contributed by atoms with E-state index in [1.165, 1.54) is 11.8 Å². The fourth-order valence-electron chi connectivity index (χ4n) is 1.89. The lowest BCUT2D eigenvalue weighted by molar-refractivity contribution is -0.115. The third-order valence-corrected chi connectivity index (χ3v) is 4.94. The molecule has 1 N–H and O–H groups in total. The fraction of sp³-hybridized carbons (Fsp3) is 0. The number of carbonyl (C=O) groups is 1. The van der Waals surface area contributed by atoms with Gasteiger partial charge >= 0.3 is 0 Å². The minimum absolute atomic E-state index is 0.216. The molecule has 1 amide bonds. The standard InChI is InChI=1S/C16H9Cl3N2OS/c17-10-6-5-9(7-12(10)19)8-14-15(22)21-16(23-14)20-13-4-2-1-3-11(13)18/h1-8H,(H,20,21,22)/b14-8-. The van der Waals surface area contributed by atoms with Gasteiger partial charge in [0.2, 0.25) is 0 Å². The number of rotatable bonds is 2. The summed E-state index contributed by atoms with van der Waals surface area (Å²) < 4.78 is 0. The molecule has 1 aliphatic rings. The molecule has 1 fully saturated rings. The van der Waals surface area contributed by atoms with Gasteiger partial charge in [0.05, 0.1) is 25.7 Å². The van der Waals surface area contributed by atoms with E-state index >= 15 is 0 Å². The lowest BCUT2D eigenvalue weighted by Crippen LogP contribution is -2.19. The Morgan fingerprint density at radius 2 is 1.78 bits per heavy atom. The second kappa shape index (κ2) is 6.97. The molecule has 0 spiro atoms. The molecule has 0 aromatic heterocycles. The summed E-state index contributed by atoms with van der Waals surface area (Å²) in [5.41, 5.74) is 1.39. The first kappa shape index (κ1) is 16.4. The molecule has 0 unspecified atom stereocenters. The summed E-state index contributed by atoms with van der Waals surface area (Å²) in [4.78, 5) is 16.9. The zero-order chi connectivity index (χ0) is 16.4. The van der Waals surface area contributed by atoms with Crippen LogP contribution in [0.4, 0.5) is 5.69 Å². The average Bonchev–Trinajstić information content (AvgIpc) is 2.85. The molecule has 0 radical (unpaired) electrons. The van der Waals surface area contributed by atoms with E-state index in [9.17, 15) is 4.79 Å². The Hall–Kier alpha value is -1.46. The number of benzene rings is 2. The van der Waals surface area contributed by atoms with Gasteiger partial charge < -0.3 is 5.32 Å². The lowest BCUT2D eigenvalue weighted by Gasteiger charge is -1.99. The topological polar surface area (TPSA) is 41.5 Å². The molecule has 1 saturated heterocycles. The number of hydrogen-bond acceptors (Lipinski definition) is 3. The number of aliphatic imine (C=N–C) groups is 1. The van der Waals surface area contributed by atoms with Crippen molar-refractivity contribution in [2.24, 2.45) is 4.99 Å². The Labute approximate surface area is 152 Å². The summed E-state index contributed by atoms with van der Waals surface area (Å²) in [6.07, 6.45) is 1.73. The molecule has 0 atom stereocenters. The summed E-state index contributed by atoms with van der Waals surface area (Å²) in [7, 11) is 0. The van der Waals surface area contributed by atoms with E-state index in [-0.39, 0.29) is 5.91 Å². The fourth-order valence-corrected chi connectivity index (χ4v) is 3.21. The lowest BCUT2D eigenvalue weighted by atomic mass is 10.2. The van der Waals surface area contributed by atoms with Crippen LogP contribution in [0.1, 0.15) is 5.56 Å². The highest BCUT2D eigenvalue weighted by Crippen LogP contribution is 2.31. The van der Waals surface area contributed by atoms with Gasteiger partial charge in [-0.25, -0.2) is 4.99 Å². The minimum Gasteiger partial charge on any atom is -0.300 e. The second-order valence-corrected chi connectivity index (χ2v) is 6.86. The zero-order valence-corrected chi connectivity index (χ0v) is 14.6. The quantitative estimate of drug-likeness (QED) is 0.692. The van der Waals surface area contributed by atoms with Crippen molar-refractivity contribution in [2.75, 3.05) is 0 Å². The molecule has 23 heavy (non-hydrogen) atoms. The van der Waals surface area contributed by atoms with Crippen molar-refractivity contribution in [3.05, 3.63) is 68.0 Å².